The normalized spacial score (nSPS) is 12.0. The topological polar surface area (TPSA) is 35.9 Å². The Bertz CT molecular complexity index is 3660. The summed E-state index contributed by atoms with van der Waals surface area (Å²) in [6.45, 7) is 16.0. The molecule has 3 heterocycles. The third-order valence-corrected chi connectivity index (χ3v) is 13.5. The van der Waals surface area contributed by atoms with Crippen LogP contribution in [-0.4, -0.2) is 14.1 Å². The quantitative estimate of drug-likeness (QED) is 0.107. The molecule has 0 aliphatic rings. The molecule has 0 N–H and O–H groups in total. The van der Waals surface area contributed by atoms with Gasteiger partial charge >= 0.3 is 0 Å². The van der Waals surface area contributed by atoms with Crippen molar-refractivity contribution >= 4 is 32.8 Å². The molecule has 11 aromatic rings. The first-order chi connectivity index (χ1) is 33.4. The first-order valence-corrected chi connectivity index (χ1v) is 24.1. The predicted octanol–water partition coefficient (Wildman–Crippen LogP) is 16.2. The fourth-order valence-electron chi connectivity index (χ4n) is 9.79. The maximum atomic E-state index is 6.82. The number of rotatable bonds is 9. The predicted molar refractivity (Wildman–Crippen MR) is 285 cm³/mol. The lowest BCUT2D eigenvalue weighted by molar-refractivity contribution is -0.571. The molecule has 0 aliphatic carbocycles. The summed E-state index contributed by atoms with van der Waals surface area (Å²) in [6, 6.07) is 69.2. The molecule has 0 saturated heterocycles. The SMILES string of the molecule is CCc1cc(-n2c3ccccc3c3ccc(Oc4cccc(-n5[c-][n+](-c6c(-c7ccccc7)cccc6-c6cc(C(C)(C)C)cc(C(C)(C)C)c6)c6ccccc65)c4)cc32)ncc1-c1ccccc1. The lowest BCUT2D eigenvalue weighted by atomic mass is 9.78. The van der Waals surface area contributed by atoms with Crippen molar-refractivity contribution in [2.24, 2.45) is 0 Å². The summed E-state index contributed by atoms with van der Waals surface area (Å²) in [6.07, 6.45) is 6.79. The summed E-state index contributed by atoms with van der Waals surface area (Å²) in [5.74, 6) is 2.35. The third-order valence-electron chi connectivity index (χ3n) is 13.5. The highest BCUT2D eigenvalue weighted by atomic mass is 16.5. The van der Waals surface area contributed by atoms with Gasteiger partial charge in [-0.2, -0.15) is 0 Å². The average molecular weight is 897 g/mol. The number of benzene rings is 8. The summed E-state index contributed by atoms with van der Waals surface area (Å²) >= 11 is 0. The maximum Gasteiger partial charge on any atom is 0.269 e. The summed E-state index contributed by atoms with van der Waals surface area (Å²) < 4.78 is 13.5. The van der Waals surface area contributed by atoms with Crippen LogP contribution in [0.1, 0.15) is 65.2 Å². The van der Waals surface area contributed by atoms with Crippen molar-refractivity contribution in [1.29, 1.82) is 0 Å². The van der Waals surface area contributed by atoms with Gasteiger partial charge in [-0.1, -0.05) is 194 Å². The number of pyridine rings is 1. The molecule has 8 aromatic carbocycles. The Morgan fingerprint density at radius 3 is 1.80 bits per heavy atom. The van der Waals surface area contributed by atoms with E-state index in [0.29, 0.717) is 0 Å². The Morgan fingerprint density at radius 1 is 0.507 bits per heavy atom. The number of ether oxygens (including phenoxy) is 1. The van der Waals surface area contributed by atoms with Crippen molar-refractivity contribution in [2.75, 3.05) is 0 Å². The minimum atomic E-state index is -0.0369. The van der Waals surface area contributed by atoms with E-state index >= 15 is 0 Å². The number of aryl methyl sites for hydroxylation is 1. The number of nitrogens with zero attached hydrogens (tertiary/aromatic N) is 4. The number of hydrogen-bond acceptors (Lipinski definition) is 2. The highest BCUT2D eigenvalue weighted by Crippen LogP contribution is 2.40. The van der Waals surface area contributed by atoms with Crippen molar-refractivity contribution in [3.8, 4) is 62.1 Å². The number of aromatic nitrogens is 4. The Kier molecular flexibility index (Phi) is 10.9. The molecular weight excluding hydrogens is 841 g/mol. The lowest BCUT2D eigenvalue weighted by Crippen LogP contribution is -2.31. The van der Waals surface area contributed by atoms with E-state index < -0.39 is 0 Å². The molecule has 0 unspecified atom stereocenters. The first kappa shape index (κ1) is 43.5. The summed E-state index contributed by atoms with van der Waals surface area (Å²) in [4.78, 5) is 5.10. The standard InChI is InChI=1S/C64H56N4O/c1-8-43-37-61(65-41-56(43)45-23-13-10-14-24-45)68-57-30-16-15-27-54(57)55-34-33-51(40-60(55)68)69-50-26-19-25-49(39-50)66-42-67(59-32-18-17-31-58(59)66)62-52(44-21-11-9-12-22-44)28-20-29-53(62)46-35-47(63(2,3)4)38-48(36-46)64(5,6)7/h9-41H,8H2,1-7H3. The van der Waals surface area contributed by atoms with Crippen molar-refractivity contribution in [3.05, 3.63) is 223 Å². The van der Waals surface area contributed by atoms with Crippen LogP contribution in [0.15, 0.2) is 200 Å². The summed E-state index contributed by atoms with van der Waals surface area (Å²) in [5, 5.41) is 2.32. The molecule has 5 nitrogen and oxygen atoms in total. The molecule has 69 heavy (non-hydrogen) atoms. The van der Waals surface area contributed by atoms with Crippen LogP contribution >= 0.6 is 0 Å². The van der Waals surface area contributed by atoms with Gasteiger partial charge in [-0.25, -0.2) is 4.98 Å². The van der Waals surface area contributed by atoms with Gasteiger partial charge in [0.05, 0.1) is 33.4 Å². The van der Waals surface area contributed by atoms with Crippen molar-refractivity contribution in [1.82, 2.24) is 14.1 Å². The number of hydrogen-bond donors (Lipinski definition) is 0. The zero-order valence-electron chi connectivity index (χ0n) is 40.5. The number of imidazole rings is 1. The van der Waals surface area contributed by atoms with E-state index in [0.717, 1.165) is 84.8 Å². The molecule has 0 spiro atoms. The Labute approximate surface area is 405 Å². The second kappa shape index (κ2) is 17.2. The molecule has 11 rings (SSSR count). The van der Waals surface area contributed by atoms with Crippen LogP contribution in [0.25, 0.3) is 83.4 Å². The smallest absolute Gasteiger partial charge is 0.269 e. The number of para-hydroxylation sites is 4. The van der Waals surface area contributed by atoms with Crippen LogP contribution in [0.3, 0.4) is 0 Å². The van der Waals surface area contributed by atoms with E-state index in [1.807, 2.05) is 12.3 Å². The summed E-state index contributed by atoms with van der Waals surface area (Å²) in [5.41, 5.74) is 17.0. The van der Waals surface area contributed by atoms with Gasteiger partial charge in [0.2, 0.25) is 0 Å². The minimum Gasteiger partial charge on any atom is -0.458 e. The maximum absolute atomic E-state index is 6.82. The highest BCUT2D eigenvalue weighted by molar-refractivity contribution is 6.09. The van der Waals surface area contributed by atoms with E-state index in [-0.39, 0.29) is 10.8 Å². The second-order valence-electron chi connectivity index (χ2n) is 20.2. The molecule has 3 aromatic heterocycles. The third kappa shape index (κ3) is 8.08. The van der Waals surface area contributed by atoms with Gasteiger partial charge < -0.3 is 4.74 Å². The summed E-state index contributed by atoms with van der Waals surface area (Å²) in [7, 11) is 0. The van der Waals surface area contributed by atoms with E-state index in [1.165, 1.54) is 33.2 Å². The number of fused-ring (bicyclic) bond motifs is 4. The van der Waals surface area contributed by atoms with Gasteiger partial charge in [-0.3, -0.25) is 13.7 Å². The molecule has 5 heteroatoms. The molecule has 0 aliphatic heterocycles. The fraction of sp³-hybridized carbons (Fsp3) is 0.156. The van der Waals surface area contributed by atoms with Crippen LogP contribution in [-0.2, 0) is 17.3 Å². The Morgan fingerprint density at radius 2 is 1.10 bits per heavy atom. The van der Waals surface area contributed by atoms with Gasteiger partial charge in [0.25, 0.3) is 6.33 Å². The van der Waals surface area contributed by atoms with Crippen LogP contribution in [0, 0.1) is 6.33 Å². The molecule has 0 radical (unpaired) electrons. The second-order valence-corrected chi connectivity index (χ2v) is 20.2. The molecule has 0 atom stereocenters. The van der Waals surface area contributed by atoms with Gasteiger partial charge in [0.15, 0.2) is 0 Å². The van der Waals surface area contributed by atoms with Gasteiger partial charge in [0.1, 0.15) is 17.3 Å². The monoisotopic (exact) mass is 896 g/mol. The van der Waals surface area contributed by atoms with Crippen LogP contribution < -0.4 is 9.30 Å². The van der Waals surface area contributed by atoms with Gasteiger partial charge in [-0.05, 0) is 104 Å². The van der Waals surface area contributed by atoms with Crippen LogP contribution in [0.5, 0.6) is 11.5 Å². The Hall–Kier alpha value is -8.02. The molecule has 0 saturated carbocycles. The van der Waals surface area contributed by atoms with E-state index in [1.54, 1.807) is 0 Å². The molecular formula is C64H56N4O. The fourth-order valence-corrected chi connectivity index (χ4v) is 9.79. The minimum absolute atomic E-state index is 0.0369. The van der Waals surface area contributed by atoms with Crippen molar-refractivity contribution in [2.45, 2.75) is 65.7 Å². The van der Waals surface area contributed by atoms with E-state index in [4.69, 9.17) is 9.72 Å². The highest BCUT2D eigenvalue weighted by Gasteiger charge is 2.25. The lowest BCUT2D eigenvalue weighted by Gasteiger charge is -2.27. The first-order valence-electron chi connectivity index (χ1n) is 24.1. The Balaban J connectivity index is 1.03. The van der Waals surface area contributed by atoms with Crippen LogP contribution in [0.4, 0.5) is 0 Å². The molecule has 0 bridgehead atoms. The molecule has 0 fully saturated rings. The van der Waals surface area contributed by atoms with Crippen LogP contribution in [0.2, 0.25) is 0 Å². The zero-order chi connectivity index (χ0) is 47.4. The largest absolute Gasteiger partial charge is 0.458 e. The van der Waals surface area contributed by atoms with E-state index in [9.17, 15) is 0 Å². The van der Waals surface area contributed by atoms with Crippen molar-refractivity contribution < 1.29 is 9.30 Å². The van der Waals surface area contributed by atoms with Crippen molar-refractivity contribution in [3.63, 3.8) is 0 Å². The zero-order valence-corrected chi connectivity index (χ0v) is 40.5. The average Bonchev–Trinajstić information content (AvgIpc) is 3.92. The molecule has 0 amide bonds. The van der Waals surface area contributed by atoms with E-state index in [2.05, 4.69) is 257 Å². The van der Waals surface area contributed by atoms with Gasteiger partial charge in [0, 0.05) is 28.6 Å². The molecule has 338 valence electrons. The van der Waals surface area contributed by atoms with Gasteiger partial charge in [-0.15, -0.1) is 0 Å².